The zero-order valence-electron chi connectivity index (χ0n) is 15.8. The average Bonchev–Trinajstić information content (AvgIpc) is 3.11. The molecule has 0 radical (unpaired) electrons. The maximum atomic E-state index is 12.8. The minimum absolute atomic E-state index is 0.384. The minimum atomic E-state index is -3.34. The molecule has 0 N–H and O–H groups in total. The lowest BCUT2D eigenvalue weighted by Crippen LogP contribution is -2.41. The van der Waals surface area contributed by atoms with Gasteiger partial charge in [-0.05, 0) is 26.3 Å². The molecule has 1 aromatic carbocycles. The topological polar surface area (TPSA) is 72.5 Å². The lowest BCUT2D eigenvalue weighted by atomic mass is 10.1. The van der Waals surface area contributed by atoms with Gasteiger partial charge >= 0.3 is 7.60 Å². The van der Waals surface area contributed by atoms with E-state index in [-0.39, 0.29) is 0 Å². The second-order valence-corrected chi connectivity index (χ2v) is 9.60. The number of ether oxygens (including phenoxy) is 4. The van der Waals surface area contributed by atoms with Crippen molar-refractivity contribution in [3.63, 3.8) is 0 Å². The Morgan fingerprint density at radius 3 is 2.42 bits per heavy atom. The predicted octanol–water partition coefficient (Wildman–Crippen LogP) is 3.32. The average molecular weight is 386 g/mol. The minimum Gasteiger partial charge on any atom is -0.368 e. The van der Waals surface area contributed by atoms with E-state index in [2.05, 4.69) is 0 Å². The zero-order chi connectivity index (χ0) is 18.9. The van der Waals surface area contributed by atoms with Crippen LogP contribution < -0.4 is 0 Å². The third-order valence-corrected chi connectivity index (χ3v) is 7.10. The first kappa shape index (κ1) is 20.0. The standard InChI is InChI=1S/C18H27O7P/c1-12(26(19,20-4)21-5)14-15(22-11-13-9-7-6-8-10-13)16-17(23-14)25-18(2,3)24-16/h6-10,12,14-17H,11H2,1-5H3/t12-,14+,15-,16-,17-/m0/s1. The first-order valence-corrected chi connectivity index (χ1v) is 10.3. The van der Waals surface area contributed by atoms with Gasteiger partial charge in [0.15, 0.2) is 12.1 Å². The number of hydrogen-bond acceptors (Lipinski definition) is 7. The fourth-order valence-corrected chi connectivity index (χ4v) is 4.85. The van der Waals surface area contributed by atoms with E-state index < -0.39 is 43.6 Å². The summed E-state index contributed by atoms with van der Waals surface area (Å²) in [5.74, 6) is -0.760. The molecule has 7 nitrogen and oxygen atoms in total. The van der Waals surface area contributed by atoms with Crippen molar-refractivity contribution in [2.75, 3.05) is 14.2 Å². The maximum absolute atomic E-state index is 12.8. The summed E-state index contributed by atoms with van der Waals surface area (Å²) < 4.78 is 47.1. The van der Waals surface area contributed by atoms with Crippen molar-refractivity contribution < 1.29 is 32.6 Å². The highest BCUT2D eigenvalue weighted by Gasteiger charge is 2.59. The first-order chi connectivity index (χ1) is 12.3. The van der Waals surface area contributed by atoms with Gasteiger partial charge in [-0.25, -0.2) is 0 Å². The van der Waals surface area contributed by atoms with Crippen LogP contribution >= 0.6 is 7.60 Å². The Bertz CT molecular complexity index is 642. The summed E-state index contributed by atoms with van der Waals surface area (Å²) in [5.41, 5.74) is 0.487. The highest BCUT2D eigenvalue weighted by Crippen LogP contribution is 2.56. The first-order valence-electron chi connectivity index (χ1n) is 8.67. The highest BCUT2D eigenvalue weighted by atomic mass is 31.2. The molecular weight excluding hydrogens is 359 g/mol. The van der Waals surface area contributed by atoms with Crippen LogP contribution in [0.2, 0.25) is 0 Å². The number of hydrogen-bond donors (Lipinski definition) is 0. The molecule has 3 rings (SSSR count). The second kappa shape index (κ2) is 7.68. The molecule has 1 aromatic rings. The molecule has 2 aliphatic rings. The molecule has 8 heteroatoms. The van der Waals surface area contributed by atoms with E-state index >= 15 is 0 Å². The molecule has 0 spiro atoms. The molecular formula is C18H27O7P. The Kier molecular flexibility index (Phi) is 5.89. The van der Waals surface area contributed by atoms with Crippen LogP contribution in [-0.2, 0) is 39.2 Å². The monoisotopic (exact) mass is 386 g/mol. The van der Waals surface area contributed by atoms with Gasteiger partial charge in [0.05, 0.1) is 12.3 Å². The van der Waals surface area contributed by atoms with E-state index in [1.54, 1.807) is 6.92 Å². The van der Waals surface area contributed by atoms with E-state index in [4.69, 9.17) is 28.0 Å². The van der Waals surface area contributed by atoms with Gasteiger partial charge in [-0.15, -0.1) is 0 Å². The van der Waals surface area contributed by atoms with Gasteiger partial charge in [0, 0.05) is 14.2 Å². The fourth-order valence-electron chi connectivity index (χ4n) is 3.44. The third kappa shape index (κ3) is 3.90. The third-order valence-electron chi connectivity index (χ3n) is 4.80. The van der Waals surface area contributed by atoms with Crippen LogP contribution in [-0.4, -0.2) is 50.3 Å². The molecule has 2 aliphatic heterocycles. The Morgan fingerprint density at radius 1 is 1.15 bits per heavy atom. The summed E-state index contributed by atoms with van der Waals surface area (Å²) in [5, 5.41) is 0. The van der Waals surface area contributed by atoms with Crippen molar-refractivity contribution >= 4 is 7.60 Å². The summed E-state index contributed by atoms with van der Waals surface area (Å²) in [6, 6.07) is 9.82. The van der Waals surface area contributed by atoms with E-state index in [9.17, 15) is 4.57 Å². The number of fused-ring (bicyclic) bond motifs is 1. The lowest BCUT2D eigenvalue weighted by Gasteiger charge is -2.31. The van der Waals surface area contributed by atoms with Gasteiger partial charge in [0.1, 0.15) is 18.3 Å². The molecule has 0 amide bonds. The molecule has 2 fully saturated rings. The van der Waals surface area contributed by atoms with Gasteiger partial charge < -0.3 is 28.0 Å². The molecule has 0 aliphatic carbocycles. The van der Waals surface area contributed by atoms with E-state index in [1.807, 2.05) is 44.2 Å². The molecule has 2 saturated heterocycles. The molecule has 26 heavy (non-hydrogen) atoms. The van der Waals surface area contributed by atoms with Crippen molar-refractivity contribution in [1.29, 1.82) is 0 Å². The van der Waals surface area contributed by atoms with E-state index in [0.29, 0.717) is 6.61 Å². The highest BCUT2D eigenvalue weighted by molar-refractivity contribution is 7.54. The normalized spacial score (nSPS) is 31.7. The Labute approximate surface area is 154 Å². The van der Waals surface area contributed by atoms with Crippen LogP contribution in [0.4, 0.5) is 0 Å². The van der Waals surface area contributed by atoms with Crippen LogP contribution in [0, 0.1) is 0 Å². The quantitative estimate of drug-likeness (QED) is 0.666. The summed E-state index contributed by atoms with van der Waals surface area (Å²) in [6.07, 6.45) is -2.00. The van der Waals surface area contributed by atoms with Crippen LogP contribution in [0.15, 0.2) is 30.3 Å². The van der Waals surface area contributed by atoms with Crippen LogP contribution in [0.25, 0.3) is 0 Å². The molecule has 146 valence electrons. The predicted molar refractivity (Wildman–Crippen MR) is 94.8 cm³/mol. The maximum Gasteiger partial charge on any atom is 0.335 e. The zero-order valence-corrected chi connectivity index (χ0v) is 16.7. The Balaban J connectivity index is 1.80. The van der Waals surface area contributed by atoms with Crippen LogP contribution in [0.3, 0.4) is 0 Å². The van der Waals surface area contributed by atoms with Crippen LogP contribution in [0.1, 0.15) is 26.3 Å². The fraction of sp³-hybridized carbons (Fsp3) is 0.667. The second-order valence-electron chi connectivity index (χ2n) is 6.98. The Morgan fingerprint density at radius 2 is 1.81 bits per heavy atom. The van der Waals surface area contributed by atoms with Gasteiger partial charge in [0.25, 0.3) is 0 Å². The van der Waals surface area contributed by atoms with E-state index in [0.717, 1.165) is 5.56 Å². The van der Waals surface area contributed by atoms with Crippen LogP contribution in [0.5, 0.6) is 0 Å². The molecule has 5 atom stereocenters. The summed E-state index contributed by atoms with van der Waals surface area (Å²) in [4.78, 5) is 0. The molecule has 2 heterocycles. The van der Waals surface area contributed by atoms with Crippen molar-refractivity contribution in [2.45, 2.75) is 63.4 Å². The van der Waals surface area contributed by atoms with Crippen molar-refractivity contribution in [2.24, 2.45) is 0 Å². The molecule has 0 saturated carbocycles. The summed E-state index contributed by atoms with van der Waals surface area (Å²) in [7, 11) is -0.607. The smallest absolute Gasteiger partial charge is 0.335 e. The summed E-state index contributed by atoms with van der Waals surface area (Å²) >= 11 is 0. The van der Waals surface area contributed by atoms with Crippen molar-refractivity contribution in [1.82, 2.24) is 0 Å². The van der Waals surface area contributed by atoms with E-state index in [1.165, 1.54) is 14.2 Å². The van der Waals surface area contributed by atoms with Gasteiger partial charge in [-0.2, -0.15) is 0 Å². The van der Waals surface area contributed by atoms with Gasteiger partial charge in [0.2, 0.25) is 0 Å². The lowest BCUT2D eigenvalue weighted by molar-refractivity contribution is -0.219. The molecule has 0 unspecified atom stereocenters. The largest absolute Gasteiger partial charge is 0.368 e. The SMILES string of the molecule is COP(=O)(OC)[C@@H](C)[C@H]1O[C@H]2OC(C)(C)O[C@H]2[C@H]1OCc1ccccc1. The van der Waals surface area contributed by atoms with Gasteiger partial charge in [-0.3, -0.25) is 4.57 Å². The number of rotatable bonds is 7. The summed E-state index contributed by atoms with van der Waals surface area (Å²) in [6.45, 7) is 5.81. The van der Waals surface area contributed by atoms with Gasteiger partial charge in [-0.1, -0.05) is 30.3 Å². The van der Waals surface area contributed by atoms with Crippen molar-refractivity contribution in [3.05, 3.63) is 35.9 Å². The number of benzene rings is 1. The molecule has 0 bridgehead atoms. The molecule has 0 aromatic heterocycles. The van der Waals surface area contributed by atoms with Crippen molar-refractivity contribution in [3.8, 4) is 0 Å². The Hall–Kier alpha value is -0.790.